The quantitative estimate of drug-likeness (QED) is 0.651. The van der Waals surface area contributed by atoms with Crippen molar-refractivity contribution in [1.82, 2.24) is 19.7 Å². The fourth-order valence-corrected chi connectivity index (χ4v) is 3.09. The highest BCUT2D eigenvalue weighted by molar-refractivity contribution is 5.79. The molecule has 5 nitrogen and oxygen atoms in total. The number of para-hydroxylation sites is 1. The number of aryl methyl sites for hydroxylation is 1. The van der Waals surface area contributed by atoms with Gasteiger partial charge in [-0.15, -0.1) is 0 Å². The molecule has 0 amide bonds. The lowest BCUT2D eigenvalue weighted by atomic mass is 10.1. The molecule has 0 unspecified atom stereocenters. The van der Waals surface area contributed by atoms with E-state index < -0.39 is 0 Å². The van der Waals surface area contributed by atoms with Gasteiger partial charge in [0.15, 0.2) is 5.65 Å². The number of rotatable bonds is 7. The van der Waals surface area contributed by atoms with E-state index in [0.717, 1.165) is 36.5 Å². The van der Waals surface area contributed by atoms with E-state index in [1.807, 2.05) is 30.3 Å². The molecular weight excluding hydrogens is 312 g/mol. The molecular formula is C20H26N4O. The second-order valence-electron chi connectivity index (χ2n) is 6.81. The first kappa shape index (κ1) is 17.4. The van der Waals surface area contributed by atoms with Crippen LogP contribution >= 0.6 is 0 Å². The van der Waals surface area contributed by atoms with E-state index in [1.165, 1.54) is 12.8 Å². The van der Waals surface area contributed by atoms with Gasteiger partial charge >= 0.3 is 0 Å². The summed E-state index contributed by atoms with van der Waals surface area (Å²) in [5.41, 5.74) is 2.30. The summed E-state index contributed by atoms with van der Waals surface area (Å²) in [5, 5.41) is 5.31. The van der Waals surface area contributed by atoms with Crippen LogP contribution in [0.2, 0.25) is 0 Å². The Kier molecular flexibility index (Phi) is 5.31. The molecule has 3 rings (SSSR count). The Morgan fingerprint density at radius 1 is 1.12 bits per heavy atom. The van der Waals surface area contributed by atoms with Gasteiger partial charge in [-0.3, -0.25) is 4.79 Å². The van der Waals surface area contributed by atoms with Gasteiger partial charge in [0.05, 0.1) is 11.4 Å². The van der Waals surface area contributed by atoms with Gasteiger partial charge in [-0.25, -0.2) is 9.67 Å². The van der Waals surface area contributed by atoms with Crippen LogP contribution in [-0.2, 0) is 6.42 Å². The molecule has 0 bridgehead atoms. The zero-order valence-electron chi connectivity index (χ0n) is 15.2. The molecule has 0 radical (unpaired) electrons. The lowest BCUT2D eigenvalue weighted by molar-refractivity contribution is 0.652. The lowest BCUT2D eigenvalue weighted by Gasteiger charge is -2.04. The minimum absolute atomic E-state index is 0.0821. The first-order valence-corrected chi connectivity index (χ1v) is 9.19. The van der Waals surface area contributed by atoms with Gasteiger partial charge in [-0.1, -0.05) is 58.2 Å². The maximum atomic E-state index is 12.7. The van der Waals surface area contributed by atoms with E-state index in [0.29, 0.717) is 11.0 Å². The molecule has 0 atom stereocenters. The second-order valence-corrected chi connectivity index (χ2v) is 6.81. The normalized spacial score (nSPS) is 11.5. The Bertz CT molecular complexity index is 893. The fraction of sp³-hybridized carbons (Fsp3) is 0.450. The number of hydrogen-bond donors (Lipinski definition) is 1. The molecule has 3 aromatic rings. The number of fused-ring (bicyclic) bond motifs is 1. The Balaban J connectivity index is 2.09. The fourth-order valence-electron chi connectivity index (χ4n) is 3.09. The number of aromatic nitrogens is 4. The summed E-state index contributed by atoms with van der Waals surface area (Å²) < 4.78 is 1.80. The molecule has 2 heterocycles. The van der Waals surface area contributed by atoms with E-state index in [1.54, 1.807) is 4.68 Å². The van der Waals surface area contributed by atoms with Gasteiger partial charge in [0.2, 0.25) is 0 Å². The average molecular weight is 338 g/mol. The minimum Gasteiger partial charge on any atom is -0.310 e. The van der Waals surface area contributed by atoms with E-state index in [4.69, 9.17) is 10.1 Å². The summed E-state index contributed by atoms with van der Waals surface area (Å²) in [5.74, 6) is 0.909. The van der Waals surface area contributed by atoms with Crippen LogP contribution < -0.4 is 5.56 Å². The molecule has 0 saturated heterocycles. The molecule has 2 aromatic heterocycles. The number of hydrogen-bond acceptors (Lipinski definition) is 3. The average Bonchev–Trinajstić information content (AvgIpc) is 3.00. The minimum atomic E-state index is -0.0821. The molecule has 0 aliphatic carbocycles. The third-order valence-electron chi connectivity index (χ3n) is 4.43. The van der Waals surface area contributed by atoms with Crippen molar-refractivity contribution < 1.29 is 0 Å². The molecule has 0 fully saturated rings. The van der Waals surface area contributed by atoms with Crippen LogP contribution in [0.4, 0.5) is 0 Å². The van der Waals surface area contributed by atoms with Crippen molar-refractivity contribution in [2.24, 2.45) is 0 Å². The van der Waals surface area contributed by atoms with E-state index in [-0.39, 0.29) is 11.5 Å². The summed E-state index contributed by atoms with van der Waals surface area (Å²) in [6, 6.07) is 9.88. The first-order chi connectivity index (χ1) is 12.1. The second kappa shape index (κ2) is 7.64. The van der Waals surface area contributed by atoms with Gasteiger partial charge in [0.25, 0.3) is 5.56 Å². The smallest absolute Gasteiger partial charge is 0.262 e. The van der Waals surface area contributed by atoms with Crippen molar-refractivity contribution in [1.29, 1.82) is 0 Å². The topological polar surface area (TPSA) is 63.6 Å². The number of nitrogens with zero attached hydrogens (tertiary/aromatic N) is 3. The largest absolute Gasteiger partial charge is 0.310 e. The van der Waals surface area contributed by atoms with Crippen molar-refractivity contribution in [3.8, 4) is 5.69 Å². The van der Waals surface area contributed by atoms with Crippen LogP contribution in [0.3, 0.4) is 0 Å². The van der Waals surface area contributed by atoms with Crippen LogP contribution in [0.1, 0.15) is 63.9 Å². The molecule has 1 N–H and O–H groups in total. The van der Waals surface area contributed by atoms with Gasteiger partial charge in [0, 0.05) is 6.42 Å². The van der Waals surface area contributed by atoms with Crippen LogP contribution in [-0.4, -0.2) is 19.7 Å². The van der Waals surface area contributed by atoms with Crippen LogP contribution in [0, 0.1) is 0 Å². The Hall–Kier alpha value is -2.43. The van der Waals surface area contributed by atoms with Crippen molar-refractivity contribution in [2.75, 3.05) is 0 Å². The van der Waals surface area contributed by atoms with Crippen molar-refractivity contribution in [3.63, 3.8) is 0 Å². The Labute approximate surface area is 148 Å². The summed E-state index contributed by atoms with van der Waals surface area (Å²) in [7, 11) is 0. The highest BCUT2D eigenvalue weighted by atomic mass is 16.1. The van der Waals surface area contributed by atoms with Crippen molar-refractivity contribution in [2.45, 2.75) is 58.8 Å². The number of unbranched alkanes of at least 4 members (excludes halogenated alkanes) is 3. The van der Waals surface area contributed by atoms with E-state index in [9.17, 15) is 4.79 Å². The van der Waals surface area contributed by atoms with Crippen molar-refractivity contribution >= 4 is 11.0 Å². The molecule has 132 valence electrons. The molecule has 25 heavy (non-hydrogen) atoms. The monoisotopic (exact) mass is 338 g/mol. The van der Waals surface area contributed by atoms with Crippen LogP contribution in [0.5, 0.6) is 0 Å². The Morgan fingerprint density at radius 3 is 2.56 bits per heavy atom. The molecule has 1 aromatic carbocycles. The molecule has 0 aliphatic heterocycles. The van der Waals surface area contributed by atoms with Gasteiger partial charge in [-0.05, 0) is 24.5 Å². The molecule has 0 aliphatic rings. The summed E-state index contributed by atoms with van der Waals surface area (Å²) in [6.07, 6.45) is 5.40. The van der Waals surface area contributed by atoms with Crippen molar-refractivity contribution in [3.05, 3.63) is 52.2 Å². The van der Waals surface area contributed by atoms with E-state index in [2.05, 4.69) is 25.8 Å². The van der Waals surface area contributed by atoms with Crippen LogP contribution in [0.25, 0.3) is 16.7 Å². The highest BCUT2D eigenvalue weighted by Crippen LogP contribution is 2.23. The number of nitrogens with one attached hydrogen (secondary N) is 1. The van der Waals surface area contributed by atoms with Gasteiger partial charge in [0.1, 0.15) is 11.2 Å². The summed E-state index contributed by atoms with van der Waals surface area (Å²) in [6.45, 7) is 6.29. The third-order valence-corrected chi connectivity index (χ3v) is 4.43. The predicted molar refractivity (Wildman–Crippen MR) is 101 cm³/mol. The summed E-state index contributed by atoms with van der Waals surface area (Å²) >= 11 is 0. The maximum absolute atomic E-state index is 12.7. The zero-order valence-corrected chi connectivity index (χ0v) is 15.2. The summed E-state index contributed by atoms with van der Waals surface area (Å²) in [4.78, 5) is 20.4. The molecule has 0 saturated carbocycles. The van der Waals surface area contributed by atoms with Crippen LogP contribution in [0.15, 0.2) is 35.1 Å². The zero-order chi connectivity index (χ0) is 17.8. The maximum Gasteiger partial charge on any atom is 0.262 e. The Morgan fingerprint density at radius 2 is 1.88 bits per heavy atom. The molecule has 5 heteroatoms. The number of benzene rings is 1. The van der Waals surface area contributed by atoms with E-state index >= 15 is 0 Å². The highest BCUT2D eigenvalue weighted by Gasteiger charge is 2.19. The van der Waals surface area contributed by atoms with Gasteiger partial charge in [-0.2, -0.15) is 5.10 Å². The third kappa shape index (κ3) is 3.65. The van der Waals surface area contributed by atoms with Gasteiger partial charge < -0.3 is 4.98 Å². The SMILES string of the molecule is CCCCCCc1nc2c(c(C(C)C)nn2-c2ccccc2)c(=O)[nH]1. The predicted octanol–water partition coefficient (Wildman–Crippen LogP) is 4.36. The number of H-pyrrole nitrogens is 1. The molecule has 0 spiro atoms. The number of aromatic amines is 1. The standard InChI is InChI=1S/C20H26N4O/c1-4-5-6-10-13-16-21-19-17(20(25)22-16)18(14(2)3)23-24(19)15-11-8-7-9-12-15/h7-9,11-12,14H,4-6,10,13H2,1-3H3,(H,21,22,25). The lowest BCUT2D eigenvalue weighted by Crippen LogP contribution is -2.13. The first-order valence-electron chi connectivity index (χ1n) is 9.19.